The van der Waals surface area contributed by atoms with Gasteiger partial charge in [0.05, 0.1) is 20.8 Å². The molecular formula is C18H31N5O2. The molecule has 1 saturated heterocycles. The first-order valence-electron chi connectivity index (χ1n) is 8.71. The second-order valence-corrected chi connectivity index (χ2v) is 6.50. The topological polar surface area (TPSA) is 75.4 Å². The summed E-state index contributed by atoms with van der Waals surface area (Å²) in [6.45, 7) is 3.88. The summed E-state index contributed by atoms with van der Waals surface area (Å²) >= 11 is 0. The Bertz CT molecular complexity index is 569. The zero-order chi connectivity index (χ0) is 18.2. The number of nitrogens with one attached hydrogen (secondary N) is 1. The van der Waals surface area contributed by atoms with Gasteiger partial charge in [-0.25, -0.2) is 0 Å². The smallest absolute Gasteiger partial charge is 0.193 e. The molecule has 3 N–H and O–H groups in total. The van der Waals surface area contributed by atoms with Gasteiger partial charge in [0.15, 0.2) is 17.5 Å². The summed E-state index contributed by atoms with van der Waals surface area (Å²) in [7, 11) is 7.54. The lowest BCUT2D eigenvalue weighted by Crippen LogP contribution is -2.42. The first-order valence-corrected chi connectivity index (χ1v) is 8.71. The second-order valence-electron chi connectivity index (χ2n) is 6.50. The van der Waals surface area contributed by atoms with Crippen LogP contribution in [-0.4, -0.2) is 76.3 Å². The third-order valence-electron chi connectivity index (χ3n) is 4.64. The predicted molar refractivity (Wildman–Crippen MR) is 103 cm³/mol. The molecule has 140 valence electrons. The van der Waals surface area contributed by atoms with Crippen molar-refractivity contribution in [2.45, 2.75) is 18.9 Å². The molecule has 0 saturated carbocycles. The molecule has 0 aromatic heterocycles. The number of ether oxygens (including phenoxy) is 2. The van der Waals surface area contributed by atoms with Gasteiger partial charge < -0.3 is 30.3 Å². The van der Waals surface area contributed by atoms with E-state index in [1.54, 1.807) is 14.2 Å². The normalized spacial score (nSPS) is 16.9. The Labute approximate surface area is 150 Å². The van der Waals surface area contributed by atoms with Crippen LogP contribution in [0.3, 0.4) is 0 Å². The van der Waals surface area contributed by atoms with Crippen LogP contribution in [0.4, 0.5) is 5.69 Å². The lowest BCUT2D eigenvalue weighted by atomic mass is 10.0. The van der Waals surface area contributed by atoms with Gasteiger partial charge in [-0.15, -0.1) is 0 Å². The fourth-order valence-corrected chi connectivity index (χ4v) is 3.07. The van der Waals surface area contributed by atoms with Crippen molar-refractivity contribution in [3.8, 4) is 11.5 Å². The highest BCUT2D eigenvalue weighted by Crippen LogP contribution is 2.29. The van der Waals surface area contributed by atoms with Crippen LogP contribution >= 0.6 is 0 Å². The average Bonchev–Trinajstić information content (AvgIpc) is 2.62. The van der Waals surface area contributed by atoms with E-state index in [1.807, 2.05) is 18.2 Å². The lowest BCUT2D eigenvalue weighted by molar-refractivity contribution is 0.148. The van der Waals surface area contributed by atoms with Crippen LogP contribution in [0.2, 0.25) is 0 Å². The zero-order valence-corrected chi connectivity index (χ0v) is 15.8. The number of methoxy groups -OCH3 is 2. The van der Waals surface area contributed by atoms with Gasteiger partial charge in [-0.2, -0.15) is 0 Å². The van der Waals surface area contributed by atoms with Crippen LogP contribution in [0, 0.1) is 0 Å². The van der Waals surface area contributed by atoms with Crippen LogP contribution in [0.15, 0.2) is 23.2 Å². The van der Waals surface area contributed by atoms with Gasteiger partial charge in [-0.3, -0.25) is 4.99 Å². The number of piperidine rings is 1. The quantitative estimate of drug-likeness (QED) is 0.573. The third-order valence-corrected chi connectivity index (χ3v) is 4.64. The number of rotatable bonds is 7. The molecule has 0 aliphatic carbocycles. The summed E-state index contributed by atoms with van der Waals surface area (Å²) in [5, 5.41) is 3.09. The third kappa shape index (κ3) is 5.79. The van der Waals surface area contributed by atoms with Crippen molar-refractivity contribution < 1.29 is 9.47 Å². The minimum atomic E-state index is 0.412. The number of benzene rings is 1. The number of aliphatic imine (C=N–C) groups is 1. The van der Waals surface area contributed by atoms with E-state index >= 15 is 0 Å². The average molecular weight is 349 g/mol. The number of nitrogens with two attached hydrogens (primary N) is 1. The Morgan fingerprint density at radius 3 is 2.52 bits per heavy atom. The van der Waals surface area contributed by atoms with Crippen molar-refractivity contribution in [3.05, 3.63) is 18.2 Å². The minimum absolute atomic E-state index is 0.412. The molecule has 7 heteroatoms. The van der Waals surface area contributed by atoms with E-state index in [-0.39, 0.29) is 0 Å². The number of likely N-dealkylation sites (tertiary alicyclic amines) is 1. The summed E-state index contributed by atoms with van der Waals surface area (Å²) < 4.78 is 10.5. The van der Waals surface area contributed by atoms with Gasteiger partial charge in [0, 0.05) is 24.3 Å². The molecule has 1 aliphatic heterocycles. The van der Waals surface area contributed by atoms with Crippen molar-refractivity contribution >= 4 is 11.6 Å². The molecule has 1 aromatic rings. The van der Waals surface area contributed by atoms with E-state index in [1.165, 1.54) is 12.8 Å². The highest BCUT2D eigenvalue weighted by atomic mass is 16.5. The Morgan fingerprint density at radius 2 is 1.92 bits per heavy atom. The first-order chi connectivity index (χ1) is 12.0. The lowest BCUT2D eigenvalue weighted by Gasteiger charge is -2.34. The summed E-state index contributed by atoms with van der Waals surface area (Å²) in [6.07, 6.45) is 2.44. The van der Waals surface area contributed by atoms with E-state index in [2.05, 4.69) is 34.2 Å². The first kappa shape index (κ1) is 19.3. The molecule has 2 rings (SSSR count). The molecule has 1 aliphatic rings. The van der Waals surface area contributed by atoms with Crippen molar-refractivity contribution in [2.24, 2.45) is 10.7 Å². The molecule has 0 bridgehead atoms. The molecule has 1 fully saturated rings. The van der Waals surface area contributed by atoms with Crippen LogP contribution in [0.1, 0.15) is 12.8 Å². The molecule has 7 nitrogen and oxygen atoms in total. The molecule has 25 heavy (non-hydrogen) atoms. The molecule has 0 atom stereocenters. The van der Waals surface area contributed by atoms with Crippen molar-refractivity contribution in [2.75, 3.05) is 59.8 Å². The molecular weight excluding hydrogens is 318 g/mol. The zero-order valence-electron chi connectivity index (χ0n) is 15.8. The summed E-state index contributed by atoms with van der Waals surface area (Å²) in [4.78, 5) is 9.20. The van der Waals surface area contributed by atoms with E-state index in [0.717, 1.165) is 25.3 Å². The number of hydrogen-bond acceptors (Lipinski definition) is 5. The highest BCUT2D eigenvalue weighted by Gasteiger charge is 2.19. The second kappa shape index (κ2) is 9.48. The maximum absolute atomic E-state index is 5.99. The van der Waals surface area contributed by atoms with E-state index < -0.39 is 0 Å². The standard InChI is InChI=1S/C18H31N5O2/c1-22(2)15-7-10-23(11-8-15)12-9-20-18(19)21-14-5-6-16(24-3)17(13-14)25-4/h5-6,13,15H,7-12H2,1-4H3,(H3,19,20,21). The number of nitrogens with zero attached hydrogens (tertiary/aromatic N) is 3. The van der Waals surface area contributed by atoms with Gasteiger partial charge in [-0.05, 0) is 52.2 Å². The van der Waals surface area contributed by atoms with Crippen LogP contribution in [-0.2, 0) is 0 Å². The fourth-order valence-electron chi connectivity index (χ4n) is 3.07. The molecule has 1 heterocycles. The van der Waals surface area contributed by atoms with Crippen LogP contribution < -0.4 is 20.5 Å². The maximum Gasteiger partial charge on any atom is 0.193 e. The Kier molecular flexibility index (Phi) is 7.33. The summed E-state index contributed by atoms with van der Waals surface area (Å²) in [6, 6.07) is 6.27. The van der Waals surface area contributed by atoms with Gasteiger partial charge in [0.1, 0.15) is 0 Å². The van der Waals surface area contributed by atoms with E-state index in [0.29, 0.717) is 30.0 Å². The maximum atomic E-state index is 5.99. The molecule has 0 amide bonds. The van der Waals surface area contributed by atoms with Crippen molar-refractivity contribution in [1.29, 1.82) is 0 Å². The highest BCUT2D eigenvalue weighted by molar-refractivity contribution is 5.92. The molecule has 0 spiro atoms. The van der Waals surface area contributed by atoms with Gasteiger partial charge >= 0.3 is 0 Å². The van der Waals surface area contributed by atoms with E-state index in [9.17, 15) is 0 Å². The van der Waals surface area contributed by atoms with Gasteiger partial charge in [0.2, 0.25) is 0 Å². The largest absolute Gasteiger partial charge is 0.493 e. The predicted octanol–water partition coefficient (Wildman–Crippen LogP) is 1.46. The Morgan fingerprint density at radius 1 is 1.24 bits per heavy atom. The summed E-state index contributed by atoms with van der Waals surface area (Å²) in [5.41, 5.74) is 6.81. The van der Waals surface area contributed by atoms with Gasteiger partial charge in [-0.1, -0.05) is 0 Å². The Hall–Kier alpha value is -1.99. The number of guanidine groups is 1. The van der Waals surface area contributed by atoms with Crippen molar-refractivity contribution in [1.82, 2.24) is 9.80 Å². The SMILES string of the molecule is COc1ccc(NC(N)=NCCN2CCC(N(C)C)CC2)cc1OC. The van der Waals surface area contributed by atoms with Crippen LogP contribution in [0.25, 0.3) is 0 Å². The monoisotopic (exact) mass is 349 g/mol. The summed E-state index contributed by atoms with van der Waals surface area (Å²) in [5.74, 6) is 1.75. The molecule has 1 aromatic carbocycles. The molecule has 0 radical (unpaired) electrons. The Balaban J connectivity index is 1.78. The minimum Gasteiger partial charge on any atom is -0.493 e. The van der Waals surface area contributed by atoms with Crippen molar-refractivity contribution in [3.63, 3.8) is 0 Å². The molecule has 0 unspecified atom stereocenters. The number of hydrogen-bond donors (Lipinski definition) is 2. The van der Waals surface area contributed by atoms with E-state index in [4.69, 9.17) is 15.2 Å². The fraction of sp³-hybridized carbons (Fsp3) is 0.611. The number of anilines is 1. The van der Waals surface area contributed by atoms with Gasteiger partial charge in [0.25, 0.3) is 0 Å². The van der Waals surface area contributed by atoms with Crippen LogP contribution in [0.5, 0.6) is 11.5 Å².